The predicted octanol–water partition coefficient (Wildman–Crippen LogP) is 1.55. The van der Waals surface area contributed by atoms with Crippen LogP contribution in [-0.2, 0) is 9.59 Å². The summed E-state index contributed by atoms with van der Waals surface area (Å²) in [5, 5.41) is 2.86. The molecule has 102 valence electrons. The van der Waals surface area contributed by atoms with Gasteiger partial charge in [0.15, 0.2) is 0 Å². The first-order valence-electron chi connectivity index (χ1n) is 6.95. The third-order valence-corrected chi connectivity index (χ3v) is 4.35. The molecule has 18 heavy (non-hydrogen) atoms. The lowest BCUT2D eigenvalue weighted by molar-refractivity contribution is -0.140. The minimum Gasteiger partial charge on any atom is -0.344 e. The van der Waals surface area contributed by atoms with E-state index in [4.69, 9.17) is 0 Å². The zero-order chi connectivity index (χ0) is 13.5. The molecule has 1 aliphatic carbocycles. The highest BCUT2D eigenvalue weighted by Crippen LogP contribution is 2.43. The summed E-state index contributed by atoms with van der Waals surface area (Å²) in [7, 11) is 0. The van der Waals surface area contributed by atoms with E-state index in [0.29, 0.717) is 18.9 Å². The second-order valence-corrected chi connectivity index (χ2v) is 6.46. The van der Waals surface area contributed by atoms with Gasteiger partial charge in [-0.05, 0) is 38.5 Å². The molecule has 0 bridgehead atoms. The van der Waals surface area contributed by atoms with Crippen molar-refractivity contribution < 1.29 is 9.59 Å². The molecule has 2 fully saturated rings. The highest BCUT2D eigenvalue weighted by molar-refractivity contribution is 5.90. The molecule has 2 aliphatic rings. The van der Waals surface area contributed by atoms with Gasteiger partial charge in [-0.25, -0.2) is 0 Å². The van der Waals surface area contributed by atoms with E-state index in [1.54, 1.807) is 0 Å². The van der Waals surface area contributed by atoms with E-state index in [1.165, 1.54) is 12.8 Å². The van der Waals surface area contributed by atoms with E-state index < -0.39 is 0 Å². The summed E-state index contributed by atoms with van der Waals surface area (Å²) in [5.41, 5.74) is -0.115. The minimum absolute atomic E-state index is 0.00357. The average Bonchev–Trinajstić information content (AvgIpc) is 3.07. The zero-order valence-corrected chi connectivity index (χ0v) is 11.8. The number of hydrogen-bond acceptors (Lipinski definition) is 2. The highest BCUT2D eigenvalue weighted by atomic mass is 16.2. The summed E-state index contributed by atoms with van der Waals surface area (Å²) in [4.78, 5) is 26.3. The molecule has 1 saturated carbocycles. The van der Waals surface area contributed by atoms with E-state index in [9.17, 15) is 9.59 Å². The lowest BCUT2D eigenvalue weighted by Crippen LogP contribution is -2.55. The minimum atomic E-state index is -0.363. The van der Waals surface area contributed by atoms with Crippen molar-refractivity contribution in [2.24, 2.45) is 11.8 Å². The van der Waals surface area contributed by atoms with Crippen LogP contribution in [0, 0.1) is 11.8 Å². The lowest BCUT2D eigenvalue weighted by atomic mass is 9.93. The van der Waals surface area contributed by atoms with Crippen LogP contribution in [0.25, 0.3) is 0 Å². The maximum atomic E-state index is 12.6. The number of nitrogens with zero attached hydrogens (tertiary/aromatic N) is 1. The Bertz CT molecular complexity index is 359. The van der Waals surface area contributed by atoms with Crippen molar-refractivity contribution in [1.29, 1.82) is 0 Å². The van der Waals surface area contributed by atoms with Gasteiger partial charge in [0, 0.05) is 18.5 Å². The molecule has 2 rings (SSSR count). The smallest absolute Gasteiger partial charge is 0.245 e. The summed E-state index contributed by atoms with van der Waals surface area (Å²) in [6, 6.07) is -0.363. The van der Waals surface area contributed by atoms with Gasteiger partial charge in [-0.1, -0.05) is 13.8 Å². The quantitative estimate of drug-likeness (QED) is 0.828. The Morgan fingerprint density at radius 3 is 2.39 bits per heavy atom. The molecule has 4 nitrogen and oxygen atoms in total. The van der Waals surface area contributed by atoms with Gasteiger partial charge in [0.25, 0.3) is 0 Å². The number of carbonyl (C=O) groups excluding carboxylic acids is 2. The molecule has 1 unspecified atom stereocenters. The third kappa shape index (κ3) is 2.38. The number of nitrogens with one attached hydrogen (secondary N) is 1. The fraction of sp³-hybridized carbons (Fsp3) is 0.857. The Labute approximate surface area is 109 Å². The van der Waals surface area contributed by atoms with Gasteiger partial charge in [-0.2, -0.15) is 0 Å². The van der Waals surface area contributed by atoms with Crippen LogP contribution in [0.2, 0.25) is 0 Å². The van der Waals surface area contributed by atoms with Gasteiger partial charge in [0.05, 0.1) is 0 Å². The van der Waals surface area contributed by atoms with Crippen LogP contribution in [0.1, 0.15) is 47.0 Å². The highest BCUT2D eigenvalue weighted by Gasteiger charge is 2.46. The van der Waals surface area contributed by atoms with Crippen LogP contribution in [0.4, 0.5) is 0 Å². The number of rotatable bonds is 3. The van der Waals surface area contributed by atoms with E-state index in [1.807, 2.05) is 18.7 Å². The lowest BCUT2D eigenvalue weighted by Gasteiger charge is -2.40. The maximum absolute atomic E-state index is 12.6. The predicted molar refractivity (Wildman–Crippen MR) is 69.9 cm³/mol. The second-order valence-electron chi connectivity index (χ2n) is 6.46. The monoisotopic (exact) mass is 252 g/mol. The Hall–Kier alpha value is -1.06. The van der Waals surface area contributed by atoms with Crippen molar-refractivity contribution in [2.75, 3.05) is 6.54 Å². The van der Waals surface area contributed by atoms with Gasteiger partial charge in [-0.3, -0.25) is 9.59 Å². The Morgan fingerprint density at radius 1 is 1.28 bits per heavy atom. The van der Waals surface area contributed by atoms with Crippen molar-refractivity contribution in [1.82, 2.24) is 10.2 Å². The Morgan fingerprint density at radius 2 is 1.89 bits per heavy atom. The second kappa shape index (κ2) is 4.56. The van der Waals surface area contributed by atoms with Gasteiger partial charge < -0.3 is 10.2 Å². The summed E-state index contributed by atoms with van der Waals surface area (Å²) in [6.07, 6.45) is 2.82. The molecular formula is C14H24N2O2. The molecule has 0 spiro atoms. The molecule has 1 N–H and O–H groups in total. The van der Waals surface area contributed by atoms with Crippen molar-refractivity contribution in [3.05, 3.63) is 0 Å². The van der Waals surface area contributed by atoms with Gasteiger partial charge in [-0.15, -0.1) is 0 Å². The first-order valence-corrected chi connectivity index (χ1v) is 6.95. The molecule has 2 amide bonds. The van der Waals surface area contributed by atoms with Crippen LogP contribution < -0.4 is 5.32 Å². The van der Waals surface area contributed by atoms with Gasteiger partial charge in [0.2, 0.25) is 11.8 Å². The van der Waals surface area contributed by atoms with Crippen LogP contribution in [0.5, 0.6) is 0 Å². The normalized spacial score (nSPS) is 26.3. The average molecular weight is 252 g/mol. The van der Waals surface area contributed by atoms with Crippen LogP contribution in [0.15, 0.2) is 0 Å². The van der Waals surface area contributed by atoms with Crippen LogP contribution >= 0.6 is 0 Å². The first-order chi connectivity index (χ1) is 8.34. The molecule has 0 radical (unpaired) electrons. The van der Waals surface area contributed by atoms with Gasteiger partial charge >= 0.3 is 0 Å². The molecule has 1 heterocycles. The molecule has 1 atom stereocenters. The standard InChI is InChI=1S/C14H24N2O2/c1-9(2)12-13(18)16(8-7-11(17)15-12)14(3,4)10-5-6-10/h9-10,12H,5-8H2,1-4H3,(H,15,17). The molecule has 0 aromatic carbocycles. The van der Waals surface area contributed by atoms with Crippen molar-refractivity contribution in [3.8, 4) is 0 Å². The zero-order valence-electron chi connectivity index (χ0n) is 11.8. The van der Waals surface area contributed by atoms with Crippen LogP contribution in [0.3, 0.4) is 0 Å². The van der Waals surface area contributed by atoms with E-state index >= 15 is 0 Å². The number of hydrogen-bond donors (Lipinski definition) is 1. The fourth-order valence-corrected chi connectivity index (χ4v) is 2.83. The van der Waals surface area contributed by atoms with E-state index in [2.05, 4.69) is 19.2 Å². The van der Waals surface area contributed by atoms with E-state index in [0.717, 1.165) is 0 Å². The summed E-state index contributed by atoms with van der Waals surface area (Å²) in [6.45, 7) is 8.79. The van der Waals surface area contributed by atoms with Crippen molar-refractivity contribution >= 4 is 11.8 Å². The van der Waals surface area contributed by atoms with Gasteiger partial charge in [0.1, 0.15) is 6.04 Å². The van der Waals surface area contributed by atoms with Crippen molar-refractivity contribution in [2.45, 2.75) is 58.5 Å². The Balaban J connectivity index is 2.23. The number of carbonyl (C=O) groups is 2. The summed E-state index contributed by atoms with van der Waals surface area (Å²) < 4.78 is 0. The maximum Gasteiger partial charge on any atom is 0.245 e. The van der Waals surface area contributed by atoms with Crippen molar-refractivity contribution in [3.63, 3.8) is 0 Å². The van der Waals surface area contributed by atoms with E-state index in [-0.39, 0.29) is 29.3 Å². The third-order valence-electron chi connectivity index (χ3n) is 4.35. The molecular weight excluding hydrogens is 228 g/mol. The Kier molecular flexibility index (Phi) is 3.39. The largest absolute Gasteiger partial charge is 0.344 e. The summed E-state index contributed by atoms with van der Waals surface area (Å²) in [5.74, 6) is 0.823. The molecule has 1 saturated heterocycles. The fourth-order valence-electron chi connectivity index (χ4n) is 2.83. The molecule has 0 aromatic heterocycles. The molecule has 1 aliphatic heterocycles. The molecule has 0 aromatic rings. The first kappa shape index (κ1) is 13.4. The topological polar surface area (TPSA) is 49.4 Å². The summed E-state index contributed by atoms with van der Waals surface area (Å²) >= 11 is 0. The SMILES string of the molecule is CC(C)C1NC(=O)CCN(C(C)(C)C2CC2)C1=O. The molecule has 4 heteroatoms. The van der Waals surface area contributed by atoms with Crippen LogP contribution in [-0.4, -0.2) is 34.8 Å². The number of amides is 2.